The van der Waals surface area contributed by atoms with Crippen LogP contribution < -0.4 is 16.2 Å². The Labute approximate surface area is 174 Å². The fourth-order valence-corrected chi connectivity index (χ4v) is 3.24. The van der Waals surface area contributed by atoms with Crippen molar-refractivity contribution >= 4 is 29.9 Å². The fraction of sp³-hybridized carbons (Fsp3) is 0.684. The molecule has 148 valence electrons. The van der Waals surface area contributed by atoms with Crippen LogP contribution in [0.1, 0.15) is 33.6 Å². The summed E-state index contributed by atoms with van der Waals surface area (Å²) in [6.45, 7) is 10.6. The van der Waals surface area contributed by atoms with E-state index in [2.05, 4.69) is 41.3 Å². The minimum absolute atomic E-state index is 0. The number of pyridine rings is 1. The summed E-state index contributed by atoms with van der Waals surface area (Å²) in [7, 11) is 1.82. The van der Waals surface area contributed by atoms with Crippen LogP contribution in [-0.2, 0) is 6.54 Å². The number of guanidine groups is 1. The van der Waals surface area contributed by atoms with E-state index in [1.165, 1.54) is 0 Å². The molecule has 1 fully saturated rings. The molecule has 2 heterocycles. The number of hydrogen-bond donors (Lipinski definition) is 2. The molecule has 2 atom stereocenters. The number of aryl methyl sites for hydroxylation is 1. The third-order valence-electron chi connectivity index (χ3n) is 4.93. The SMILES string of the molecule is CN=C(NCCCCn1ccccc1=O)NC1CN(C(C)C)CC1C.I. The lowest BCUT2D eigenvalue weighted by molar-refractivity contribution is 0.265. The average Bonchev–Trinajstić information content (AvgIpc) is 2.96. The summed E-state index contributed by atoms with van der Waals surface area (Å²) in [6, 6.07) is 6.31. The van der Waals surface area contributed by atoms with E-state index in [4.69, 9.17) is 0 Å². The Morgan fingerprint density at radius 1 is 1.31 bits per heavy atom. The van der Waals surface area contributed by atoms with Gasteiger partial charge in [0.2, 0.25) is 5.56 Å². The van der Waals surface area contributed by atoms with E-state index in [9.17, 15) is 4.79 Å². The van der Waals surface area contributed by atoms with Crippen molar-refractivity contribution < 1.29 is 0 Å². The summed E-state index contributed by atoms with van der Waals surface area (Å²) in [5.41, 5.74) is 0.0675. The monoisotopic (exact) mass is 475 g/mol. The van der Waals surface area contributed by atoms with Crippen molar-refractivity contribution in [2.24, 2.45) is 10.9 Å². The molecule has 0 aromatic carbocycles. The third kappa shape index (κ3) is 6.90. The van der Waals surface area contributed by atoms with Gasteiger partial charge in [0.1, 0.15) is 0 Å². The molecule has 1 saturated heterocycles. The van der Waals surface area contributed by atoms with Gasteiger partial charge in [-0.2, -0.15) is 0 Å². The van der Waals surface area contributed by atoms with Gasteiger partial charge in [0, 0.05) is 57.6 Å². The van der Waals surface area contributed by atoms with Gasteiger partial charge in [0.25, 0.3) is 0 Å². The van der Waals surface area contributed by atoms with Crippen molar-refractivity contribution in [1.29, 1.82) is 0 Å². The van der Waals surface area contributed by atoms with E-state index in [-0.39, 0.29) is 29.5 Å². The first-order chi connectivity index (χ1) is 12.0. The summed E-state index contributed by atoms with van der Waals surface area (Å²) in [5.74, 6) is 1.49. The Kier molecular flexibility index (Phi) is 10.2. The maximum Gasteiger partial charge on any atom is 0.250 e. The highest BCUT2D eigenvalue weighted by molar-refractivity contribution is 14.0. The van der Waals surface area contributed by atoms with Gasteiger partial charge in [-0.25, -0.2) is 0 Å². The molecule has 2 N–H and O–H groups in total. The van der Waals surface area contributed by atoms with E-state index < -0.39 is 0 Å². The molecule has 1 aliphatic rings. The van der Waals surface area contributed by atoms with Gasteiger partial charge < -0.3 is 15.2 Å². The molecule has 0 bridgehead atoms. The van der Waals surface area contributed by atoms with Crippen LogP contribution in [0.25, 0.3) is 0 Å². The first-order valence-corrected chi connectivity index (χ1v) is 9.38. The van der Waals surface area contributed by atoms with E-state index >= 15 is 0 Å². The number of aromatic nitrogens is 1. The second kappa shape index (κ2) is 11.6. The van der Waals surface area contributed by atoms with E-state index in [1.54, 1.807) is 16.7 Å². The molecule has 7 heteroatoms. The Bertz CT molecular complexity index is 616. The summed E-state index contributed by atoms with van der Waals surface area (Å²) in [6.07, 6.45) is 3.81. The molecule has 26 heavy (non-hydrogen) atoms. The number of hydrogen-bond acceptors (Lipinski definition) is 3. The number of nitrogens with one attached hydrogen (secondary N) is 2. The Morgan fingerprint density at radius 2 is 2.08 bits per heavy atom. The van der Waals surface area contributed by atoms with Crippen LogP contribution in [0.4, 0.5) is 0 Å². The lowest BCUT2D eigenvalue weighted by Gasteiger charge is -2.22. The van der Waals surface area contributed by atoms with Crippen LogP contribution >= 0.6 is 24.0 Å². The molecule has 1 aliphatic heterocycles. The lowest BCUT2D eigenvalue weighted by atomic mass is 10.1. The zero-order valence-corrected chi connectivity index (χ0v) is 18.8. The molecule has 0 spiro atoms. The van der Waals surface area contributed by atoms with Gasteiger partial charge in [0.05, 0.1) is 0 Å². The quantitative estimate of drug-likeness (QED) is 0.275. The van der Waals surface area contributed by atoms with Crippen molar-refractivity contribution in [2.75, 3.05) is 26.7 Å². The van der Waals surface area contributed by atoms with Crippen molar-refractivity contribution in [3.05, 3.63) is 34.7 Å². The van der Waals surface area contributed by atoms with Crippen molar-refractivity contribution in [3.8, 4) is 0 Å². The van der Waals surface area contributed by atoms with Crippen molar-refractivity contribution in [3.63, 3.8) is 0 Å². The van der Waals surface area contributed by atoms with Crippen LogP contribution in [0.2, 0.25) is 0 Å². The van der Waals surface area contributed by atoms with Gasteiger partial charge in [-0.05, 0) is 38.7 Å². The first kappa shape index (κ1) is 23.0. The molecule has 6 nitrogen and oxygen atoms in total. The minimum atomic E-state index is 0. The molecule has 2 unspecified atom stereocenters. The number of rotatable bonds is 7. The third-order valence-corrected chi connectivity index (χ3v) is 4.93. The maximum atomic E-state index is 11.7. The predicted octanol–water partition coefficient (Wildman–Crippen LogP) is 2.14. The minimum Gasteiger partial charge on any atom is -0.356 e. The number of likely N-dealkylation sites (tertiary alicyclic amines) is 1. The topological polar surface area (TPSA) is 61.7 Å². The summed E-state index contributed by atoms with van der Waals surface area (Å²) >= 11 is 0. The largest absolute Gasteiger partial charge is 0.356 e. The van der Waals surface area contributed by atoms with Crippen LogP contribution in [0, 0.1) is 5.92 Å². The predicted molar refractivity (Wildman–Crippen MR) is 120 cm³/mol. The van der Waals surface area contributed by atoms with Crippen LogP contribution in [-0.4, -0.2) is 54.2 Å². The average molecular weight is 475 g/mol. The lowest BCUT2D eigenvalue weighted by Crippen LogP contribution is -2.47. The molecule has 0 radical (unpaired) electrons. The molecule has 0 saturated carbocycles. The standard InChI is InChI=1S/C19H33N5O.HI/c1-15(2)24-13-16(3)17(14-24)22-19(20-4)21-10-6-8-12-23-11-7-5-9-18(23)25;/h5,7,9,11,15-17H,6,8,10,12-14H2,1-4H3,(H2,20,21,22);1H. The zero-order chi connectivity index (χ0) is 18.2. The molecule has 2 rings (SSSR count). The summed E-state index contributed by atoms with van der Waals surface area (Å²) in [5, 5.41) is 6.95. The molecule has 1 aromatic heterocycles. The van der Waals surface area contributed by atoms with Crippen molar-refractivity contribution in [1.82, 2.24) is 20.1 Å². The van der Waals surface area contributed by atoms with Crippen LogP contribution in [0.3, 0.4) is 0 Å². The summed E-state index contributed by atoms with van der Waals surface area (Å²) in [4.78, 5) is 18.5. The van der Waals surface area contributed by atoms with Crippen LogP contribution in [0.5, 0.6) is 0 Å². The zero-order valence-electron chi connectivity index (χ0n) is 16.4. The number of aliphatic imine (C=N–C) groups is 1. The molecular weight excluding hydrogens is 441 g/mol. The number of nitrogens with zero attached hydrogens (tertiary/aromatic N) is 3. The maximum absolute atomic E-state index is 11.7. The number of halogens is 1. The Morgan fingerprint density at radius 3 is 2.69 bits per heavy atom. The summed E-state index contributed by atoms with van der Waals surface area (Å²) < 4.78 is 1.76. The molecular formula is C19H34IN5O. The second-order valence-corrected chi connectivity index (χ2v) is 7.21. The number of unbranched alkanes of at least 4 members (excludes halogenated alkanes) is 1. The normalized spacial score (nSPS) is 20.9. The Hall–Kier alpha value is -1.09. The smallest absolute Gasteiger partial charge is 0.250 e. The molecule has 0 aliphatic carbocycles. The van der Waals surface area contributed by atoms with Gasteiger partial charge in [0.15, 0.2) is 5.96 Å². The second-order valence-electron chi connectivity index (χ2n) is 7.21. The molecule has 0 amide bonds. The van der Waals surface area contributed by atoms with E-state index in [0.717, 1.165) is 45.0 Å². The highest BCUT2D eigenvalue weighted by atomic mass is 127. The van der Waals surface area contributed by atoms with E-state index in [1.807, 2.05) is 19.3 Å². The highest BCUT2D eigenvalue weighted by Crippen LogP contribution is 2.18. The first-order valence-electron chi connectivity index (χ1n) is 9.38. The van der Waals surface area contributed by atoms with E-state index in [0.29, 0.717) is 18.0 Å². The van der Waals surface area contributed by atoms with Gasteiger partial charge in [-0.15, -0.1) is 24.0 Å². The van der Waals surface area contributed by atoms with Crippen molar-refractivity contribution in [2.45, 2.75) is 52.2 Å². The van der Waals surface area contributed by atoms with Gasteiger partial charge in [-0.3, -0.25) is 14.7 Å². The van der Waals surface area contributed by atoms with Gasteiger partial charge in [-0.1, -0.05) is 13.0 Å². The fourth-order valence-electron chi connectivity index (χ4n) is 3.24. The molecule has 1 aromatic rings. The van der Waals surface area contributed by atoms with Gasteiger partial charge >= 0.3 is 0 Å². The Balaban J connectivity index is 0.00000338. The highest BCUT2D eigenvalue weighted by Gasteiger charge is 2.31. The van der Waals surface area contributed by atoms with Crippen LogP contribution in [0.15, 0.2) is 34.2 Å².